The van der Waals surface area contributed by atoms with Gasteiger partial charge in [-0.3, -0.25) is 4.90 Å². The molecular formula is C22H32N6. The Morgan fingerprint density at radius 3 is 2.89 bits per heavy atom. The molecule has 2 aromatic rings. The Kier molecular flexibility index (Phi) is 6.27. The van der Waals surface area contributed by atoms with E-state index in [4.69, 9.17) is 4.99 Å². The molecule has 1 aliphatic heterocycles. The number of rotatable bonds is 6. The molecule has 2 fully saturated rings. The van der Waals surface area contributed by atoms with Crippen molar-refractivity contribution in [2.24, 2.45) is 4.99 Å². The monoisotopic (exact) mass is 380 g/mol. The van der Waals surface area contributed by atoms with Crippen LogP contribution in [-0.2, 0) is 6.54 Å². The van der Waals surface area contributed by atoms with Crippen molar-refractivity contribution in [1.82, 2.24) is 25.3 Å². The van der Waals surface area contributed by atoms with Gasteiger partial charge < -0.3 is 10.6 Å². The maximum atomic E-state index is 4.84. The summed E-state index contributed by atoms with van der Waals surface area (Å²) in [7, 11) is 0. The minimum absolute atomic E-state index is 0.494. The van der Waals surface area contributed by atoms with Gasteiger partial charge in [-0.25, -0.2) is 9.67 Å². The zero-order valence-electron chi connectivity index (χ0n) is 16.8. The first-order valence-electron chi connectivity index (χ1n) is 10.7. The van der Waals surface area contributed by atoms with Crippen molar-refractivity contribution in [3.8, 4) is 5.69 Å². The van der Waals surface area contributed by atoms with Crippen LogP contribution in [0.3, 0.4) is 0 Å². The van der Waals surface area contributed by atoms with Crippen LogP contribution in [0.2, 0.25) is 0 Å². The highest BCUT2D eigenvalue weighted by Gasteiger charge is 2.30. The third-order valence-corrected chi connectivity index (χ3v) is 5.85. The second kappa shape index (κ2) is 9.24. The van der Waals surface area contributed by atoms with Crippen LogP contribution in [-0.4, -0.2) is 52.4 Å². The van der Waals surface area contributed by atoms with Crippen LogP contribution in [0.25, 0.3) is 5.69 Å². The van der Waals surface area contributed by atoms with Gasteiger partial charge in [-0.15, -0.1) is 0 Å². The number of likely N-dealkylation sites (tertiary alicyclic amines) is 1. The average Bonchev–Trinajstić information content (AvgIpc) is 3.49. The van der Waals surface area contributed by atoms with Crippen molar-refractivity contribution >= 4 is 5.96 Å². The maximum absolute atomic E-state index is 4.84. The maximum Gasteiger partial charge on any atom is 0.191 e. The van der Waals surface area contributed by atoms with Gasteiger partial charge in [0.2, 0.25) is 0 Å². The van der Waals surface area contributed by atoms with Crippen molar-refractivity contribution in [2.45, 2.75) is 57.7 Å². The third-order valence-electron chi connectivity index (χ3n) is 5.85. The van der Waals surface area contributed by atoms with E-state index in [1.807, 2.05) is 16.9 Å². The van der Waals surface area contributed by atoms with Crippen molar-refractivity contribution < 1.29 is 0 Å². The summed E-state index contributed by atoms with van der Waals surface area (Å²) in [5, 5.41) is 11.4. The van der Waals surface area contributed by atoms with E-state index in [0.29, 0.717) is 12.6 Å². The van der Waals surface area contributed by atoms with Crippen LogP contribution in [0.1, 0.15) is 44.6 Å². The number of guanidine groups is 1. The van der Waals surface area contributed by atoms with Gasteiger partial charge in [0.15, 0.2) is 5.96 Å². The summed E-state index contributed by atoms with van der Waals surface area (Å²) in [6.07, 6.45) is 10.5. The summed E-state index contributed by atoms with van der Waals surface area (Å²) in [4.78, 5) is 7.52. The fourth-order valence-electron chi connectivity index (χ4n) is 4.41. The highest BCUT2D eigenvalue weighted by molar-refractivity contribution is 5.80. The lowest BCUT2D eigenvalue weighted by Crippen LogP contribution is -2.45. The Balaban J connectivity index is 1.36. The highest BCUT2D eigenvalue weighted by Crippen LogP contribution is 2.26. The molecule has 150 valence electrons. The molecule has 6 nitrogen and oxygen atoms in total. The molecule has 2 N–H and O–H groups in total. The van der Waals surface area contributed by atoms with E-state index >= 15 is 0 Å². The number of aromatic nitrogens is 2. The van der Waals surface area contributed by atoms with Crippen molar-refractivity contribution in [2.75, 3.05) is 19.6 Å². The number of nitrogens with zero attached hydrogens (tertiary/aromatic N) is 4. The van der Waals surface area contributed by atoms with E-state index in [9.17, 15) is 0 Å². The Labute approximate surface area is 168 Å². The van der Waals surface area contributed by atoms with Gasteiger partial charge in [-0.05, 0) is 49.9 Å². The fraction of sp³-hybridized carbons (Fsp3) is 0.545. The molecule has 2 aliphatic rings. The number of hydrogen-bond donors (Lipinski definition) is 2. The fourth-order valence-corrected chi connectivity index (χ4v) is 4.41. The number of nitrogens with one attached hydrogen (secondary N) is 2. The molecule has 1 atom stereocenters. The lowest BCUT2D eigenvalue weighted by molar-refractivity contribution is 0.242. The number of hydrogen-bond acceptors (Lipinski definition) is 3. The van der Waals surface area contributed by atoms with Gasteiger partial charge in [0.25, 0.3) is 0 Å². The predicted molar refractivity (Wildman–Crippen MR) is 114 cm³/mol. The molecule has 2 heterocycles. The molecule has 1 aliphatic carbocycles. The van der Waals surface area contributed by atoms with Gasteiger partial charge in [-0.2, -0.15) is 5.10 Å². The molecule has 1 unspecified atom stereocenters. The number of aliphatic imine (C=N–C) groups is 1. The molecule has 0 spiro atoms. The second-order valence-corrected chi connectivity index (χ2v) is 7.88. The minimum atomic E-state index is 0.494. The lowest BCUT2D eigenvalue weighted by Gasteiger charge is -2.24. The van der Waals surface area contributed by atoms with E-state index < -0.39 is 0 Å². The first kappa shape index (κ1) is 19.0. The Morgan fingerprint density at radius 2 is 2.11 bits per heavy atom. The van der Waals surface area contributed by atoms with E-state index in [1.165, 1.54) is 44.2 Å². The van der Waals surface area contributed by atoms with Crippen LogP contribution < -0.4 is 10.6 Å². The molecule has 4 rings (SSSR count). The molecule has 28 heavy (non-hydrogen) atoms. The van der Waals surface area contributed by atoms with Gasteiger partial charge >= 0.3 is 0 Å². The summed E-state index contributed by atoms with van der Waals surface area (Å²) in [5.41, 5.74) is 2.25. The molecule has 0 bridgehead atoms. The zero-order valence-corrected chi connectivity index (χ0v) is 16.8. The first-order chi connectivity index (χ1) is 13.8. The largest absolute Gasteiger partial charge is 0.357 e. The second-order valence-electron chi connectivity index (χ2n) is 7.88. The van der Waals surface area contributed by atoms with Crippen LogP contribution in [0.15, 0.2) is 47.7 Å². The van der Waals surface area contributed by atoms with E-state index in [1.54, 1.807) is 6.20 Å². The molecule has 0 radical (unpaired) electrons. The zero-order chi connectivity index (χ0) is 19.2. The van der Waals surface area contributed by atoms with Crippen LogP contribution >= 0.6 is 0 Å². The average molecular weight is 381 g/mol. The normalized spacial score (nSPS) is 21.3. The van der Waals surface area contributed by atoms with Gasteiger partial charge in [-0.1, -0.05) is 25.0 Å². The minimum Gasteiger partial charge on any atom is -0.357 e. The quantitative estimate of drug-likeness (QED) is 0.598. The number of benzene rings is 1. The Morgan fingerprint density at radius 1 is 1.21 bits per heavy atom. The summed E-state index contributed by atoms with van der Waals surface area (Å²) >= 11 is 0. The van der Waals surface area contributed by atoms with Crippen molar-refractivity contribution in [1.29, 1.82) is 0 Å². The summed E-state index contributed by atoms with van der Waals surface area (Å²) in [5.74, 6) is 0.922. The van der Waals surface area contributed by atoms with E-state index in [0.717, 1.165) is 30.8 Å². The van der Waals surface area contributed by atoms with Gasteiger partial charge in [0.05, 0.1) is 12.2 Å². The molecule has 0 amide bonds. The predicted octanol–water partition coefficient (Wildman–Crippen LogP) is 2.94. The smallest absolute Gasteiger partial charge is 0.191 e. The molecule has 1 saturated heterocycles. The van der Waals surface area contributed by atoms with Crippen LogP contribution in [0.4, 0.5) is 0 Å². The standard InChI is InChI=1S/C22H32N6/c1-2-23-22(26-19-11-14-27(17-19)20-8-3-4-9-20)24-16-18-7-5-10-21(15-18)28-13-6-12-25-28/h5-7,10,12-13,15,19-20H,2-4,8-9,11,14,16-17H2,1H3,(H2,23,24,26). The molecular weight excluding hydrogens is 348 g/mol. The van der Waals surface area contributed by atoms with Gasteiger partial charge in [0.1, 0.15) is 0 Å². The molecule has 1 aromatic carbocycles. The van der Waals surface area contributed by atoms with Crippen LogP contribution in [0, 0.1) is 0 Å². The summed E-state index contributed by atoms with van der Waals surface area (Å²) < 4.78 is 1.88. The van der Waals surface area contributed by atoms with E-state index in [2.05, 4.69) is 51.8 Å². The topological polar surface area (TPSA) is 57.5 Å². The molecule has 6 heteroatoms. The Hall–Kier alpha value is -2.34. The SMILES string of the molecule is CCNC(=NCc1cccc(-n2cccn2)c1)NC1CCN(C2CCCC2)C1. The van der Waals surface area contributed by atoms with Crippen molar-refractivity contribution in [3.05, 3.63) is 48.3 Å². The molecule has 1 aromatic heterocycles. The van der Waals surface area contributed by atoms with Gasteiger partial charge in [0, 0.05) is 44.1 Å². The van der Waals surface area contributed by atoms with E-state index in [-0.39, 0.29) is 0 Å². The summed E-state index contributed by atoms with van der Waals surface area (Å²) in [6.45, 7) is 6.01. The van der Waals surface area contributed by atoms with Crippen LogP contribution in [0.5, 0.6) is 0 Å². The highest BCUT2D eigenvalue weighted by atomic mass is 15.3. The molecule has 1 saturated carbocycles. The first-order valence-corrected chi connectivity index (χ1v) is 10.7. The third kappa shape index (κ3) is 4.73. The van der Waals surface area contributed by atoms with Crippen molar-refractivity contribution in [3.63, 3.8) is 0 Å². The summed E-state index contributed by atoms with van der Waals surface area (Å²) in [6, 6.07) is 11.7. The lowest BCUT2D eigenvalue weighted by atomic mass is 10.2. The Bertz CT molecular complexity index is 763.